The molecule has 0 bridgehead atoms. The number of ether oxygens (including phenoxy) is 2. The van der Waals surface area contributed by atoms with Crippen LogP contribution in [0.15, 0.2) is 24.3 Å². The Hall–Kier alpha value is -1.84. The first-order valence-electron chi connectivity index (χ1n) is 4.61. The highest BCUT2D eigenvalue weighted by atomic mass is 16.5. The molecule has 0 aliphatic carbocycles. The molecule has 0 fully saturated rings. The van der Waals surface area contributed by atoms with Crippen LogP contribution in [0.4, 0.5) is 0 Å². The van der Waals surface area contributed by atoms with E-state index in [1.807, 2.05) is 0 Å². The highest BCUT2D eigenvalue weighted by molar-refractivity contribution is 5.72. The van der Waals surface area contributed by atoms with Crippen molar-refractivity contribution >= 4 is 11.9 Å². The molecule has 4 nitrogen and oxygen atoms in total. The van der Waals surface area contributed by atoms with E-state index in [4.69, 9.17) is 9.47 Å². The molecule has 0 aliphatic heterocycles. The Morgan fingerprint density at radius 1 is 1.20 bits per heavy atom. The van der Waals surface area contributed by atoms with E-state index >= 15 is 0 Å². The second-order valence-electron chi connectivity index (χ2n) is 2.90. The maximum Gasteiger partial charge on any atom is 0.310 e. The van der Waals surface area contributed by atoms with E-state index in [0.29, 0.717) is 17.9 Å². The maximum atomic E-state index is 11.0. The van der Waals surface area contributed by atoms with Gasteiger partial charge in [-0.3, -0.25) is 9.59 Å². The molecule has 4 heteroatoms. The standard InChI is InChI=1S/C11H12O4/c1-3-11(13)15-10-6-4-5-9(7-10)14-8(2)12/h4-7H,3H2,1-2H3. The lowest BCUT2D eigenvalue weighted by atomic mass is 10.3. The molecule has 0 N–H and O–H groups in total. The monoisotopic (exact) mass is 208 g/mol. The minimum absolute atomic E-state index is 0.303. The van der Waals surface area contributed by atoms with Crippen LogP contribution in [0.5, 0.6) is 11.5 Å². The predicted molar refractivity (Wildman–Crippen MR) is 53.7 cm³/mol. The Bertz CT molecular complexity index is 371. The molecular weight excluding hydrogens is 196 g/mol. The van der Waals surface area contributed by atoms with Crippen LogP contribution in [0.1, 0.15) is 20.3 Å². The van der Waals surface area contributed by atoms with Gasteiger partial charge in [-0.1, -0.05) is 13.0 Å². The van der Waals surface area contributed by atoms with Crippen molar-refractivity contribution in [1.82, 2.24) is 0 Å². The van der Waals surface area contributed by atoms with Gasteiger partial charge in [0.1, 0.15) is 11.5 Å². The molecule has 0 saturated heterocycles. The topological polar surface area (TPSA) is 52.6 Å². The maximum absolute atomic E-state index is 11.0. The van der Waals surface area contributed by atoms with Crippen molar-refractivity contribution in [2.75, 3.05) is 0 Å². The third-order valence-corrected chi connectivity index (χ3v) is 1.59. The van der Waals surface area contributed by atoms with E-state index in [1.165, 1.54) is 13.0 Å². The number of rotatable bonds is 3. The van der Waals surface area contributed by atoms with Gasteiger partial charge in [0.15, 0.2) is 0 Å². The molecule has 0 atom stereocenters. The van der Waals surface area contributed by atoms with E-state index in [0.717, 1.165) is 0 Å². The number of benzene rings is 1. The summed E-state index contributed by atoms with van der Waals surface area (Å²) in [5.74, 6) is 0.00782. The zero-order chi connectivity index (χ0) is 11.3. The first kappa shape index (κ1) is 11.2. The molecule has 0 radical (unpaired) electrons. The Morgan fingerprint density at radius 2 is 1.80 bits per heavy atom. The highest BCUT2D eigenvalue weighted by Gasteiger charge is 2.04. The van der Waals surface area contributed by atoms with Gasteiger partial charge in [0.25, 0.3) is 0 Å². The van der Waals surface area contributed by atoms with Gasteiger partial charge in [0.2, 0.25) is 0 Å². The van der Waals surface area contributed by atoms with Crippen LogP contribution in [0.2, 0.25) is 0 Å². The first-order chi connectivity index (χ1) is 7.11. The summed E-state index contributed by atoms with van der Waals surface area (Å²) in [6.07, 6.45) is 0.303. The van der Waals surface area contributed by atoms with E-state index < -0.39 is 5.97 Å². The molecule has 0 unspecified atom stereocenters. The van der Waals surface area contributed by atoms with Crippen molar-refractivity contribution in [3.05, 3.63) is 24.3 Å². The summed E-state index contributed by atoms with van der Waals surface area (Å²) >= 11 is 0. The summed E-state index contributed by atoms with van der Waals surface area (Å²) in [7, 11) is 0. The van der Waals surface area contributed by atoms with Crippen LogP contribution < -0.4 is 9.47 Å². The molecule has 1 aromatic rings. The SMILES string of the molecule is CCC(=O)Oc1cccc(OC(C)=O)c1. The second kappa shape index (κ2) is 5.14. The smallest absolute Gasteiger partial charge is 0.310 e. The average Bonchev–Trinajstić information content (AvgIpc) is 2.17. The van der Waals surface area contributed by atoms with E-state index in [-0.39, 0.29) is 5.97 Å². The first-order valence-corrected chi connectivity index (χ1v) is 4.61. The average molecular weight is 208 g/mol. The molecule has 80 valence electrons. The van der Waals surface area contributed by atoms with Gasteiger partial charge >= 0.3 is 11.9 Å². The van der Waals surface area contributed by atoms with Gasteiger partial charge in [-0.15, -0.1) is 0 Å². The molecule has 0 amide bonds. The quantitative estimate of drug-likeness (QED) is 0.562. The van der Waals surface area contributed by atoms with Gasteiger partial charge < -0.3 is 9.47 Å². The Labute approximate surface area is 87.8 Å². The Kier molecular flexibility index (Phi) is 3.85. The lowest BCUT2D eigenvalue weighted by Crippen LogP contribution is -2.06. The minimum atomic E-state index is -0.408. The van der Waals surface area contributed by atoms with Crippen molar-refractivity contribution in [3.63, 3.8) is 0 Å². The van der Waals surface area contributed by atoms with Gasteiger partial charge in [-0.25, -0.2) is 0 Å². The fourth-order valence-electron chi connectivity index (χ4n) is 0.971. The van der Waals surface area contributed by atoms with Gasteiger partial charge in [0.05, 0.1) is 0 Å². The van der Waals surface area contributed by atoms with E-state index in [9.17, 15) is 9.59 Å². The van der Waals surface area contributed by atoms with Crippen molar-refractivity contribution in [1.29, 1.82) is 0 Å². The van der Waals surface area contributed by atoms with Crippen LogP contribution in [0, 0.1) is 0 Å². The highest BCUT2D eigenvalue weighted by Crippen LogP contribution is 2.19. The van der Waals surface area contributed by atoms with Gasteiger partial charge in [-0.05, 0) is 12.1 Å². The fourth-order valence-corrected chi connectivity index (χ4v) is 0.971. The molecule has 15 heavy (non-hydrogen) atoms. The third kappa shape index (κ3) is 3.81. The molecule has 0 aromatic heterocycles. The summed E-state index contributed by atoms with van der Waals surface area (Å²) in [6.45, 7) is 3.02. The molecular formula is C11H12O4. The molecule has 0 saturated carbocycles. The summed E-state index contributed by atoms with van der Waals surface area (Å²) in [4.78, 5) is 21.7. The lowest BCUT2D eigenvalue weighted by Gasteiger charge is -2.04. The lowest BCUT2D eigenvalue weighted by molar-refractivity contribution is -0.134. The van der Waals surface area contributed by atoms with Crippen molar-refractivity contribution in [2.24, 2.45) is 0 Å². The third-order valence-electron chi connectivity index (χ3n) is 1.59. The molecule has 0 spiro atoms. The molecule has 1 rings (SSSR count). The molecule has 1 aromatic carbocycles. The number of carbonyl (C=O) groups excluding carboxylic acids is 2. The number of hydrogen-bond donors (Lipinski definition) is 0. The Balaban J connectivity index is 2.74. The van der Waals surface area contributed by atoms with Crippen molar-refractivity contribution < 1.29 is 19.1 Å². The van der Waals surface area contributed by atoms with Crippen molar-refractivity contribution in [2.45, 2.75) is 20.3 Å². The van der Waals surface area contributed by atoms with E-state index in [1.54, 1.807) is 25.1 Å². The summed E-state index contributed by atoms with van der Waals surface area (Å²) in [6, 6.07) is 6.39. The number of carbonyl (C=O) groups is 2. The fraction of sp³-hybridized carbons (Fsp3) is 0.273. The summed E-state index contributed by atoms with van der Waals surface area (Å²) in [5, 5.41) is 0. The second-order valence-corrected chi connectivity index (χ2v) is 2.90. The van der Waals surface area contributed by atoms with E-state index in [2.05, 4.69) is 0 Å². The van der Waals surface area contributed by atoms with Crippen LogP contribution in [-0.4, -0.2) is 11.9 Å². The summed E-state index contributed by atoms with van der Waals surface area (Å²) in [5.41, 5.74) is 0. The van der Waals surface area contributed by atoms with Gasteiger partial charge in [0, 0.05) is 19.4 Å². The molecule has 0 aliphatic rings. The predicted octanol–water partition coefficient (Wildman–Crippen LogP) is 1.93. The largest absolute Gasteiger partial charge is 0.427 e. The Morgan fingerprint density at radius 3 is 2.33 bits per heavy atom. The summed E-state index contributed by atoms with van der Waals surface area (Å²) < 4.78 is 9.80. The van der Waals surface area contributed by atoms with Crippen LogP contribution in [-0.2, 0) is 9.59 Å². The number of esters is 2. The van der Waals surface area contributed by atoms with Crippen LogP contribution in [0.3, 0.4) is 0 Å². The minimum Gasteiger partial charge on any atom is -0.427 e. The zero-order valence-corrected chi connectivity index (χ0v) is 8.65. The van der Waals surface area contributed by atoms with Crippen molar-refractivity contribution in [3.8, 4) is 11.5 Å². The van der Waals surface area contributed by atoms with Crippen LogP contribution >= 0.6 is 0 Å². The molecule has 0 heterocycles. The zero-order valence-electron chi connectivity index (χ0n) is 8.65. The van der Waals surface area contributed by atoms with Gasteiger partial charge in [-0.2, -0.15) is 0 Å². The number of hydrogen-bond acceptors (Lipinski definition) is 4. The normalized spacial score (nSPS) is 9.47. The van der Waals surface area contributed by atoms with Crippen LogP contribution in [0.25, 0.3) is 0 Å².